The van der Waals surface area contributed by atoms with E-state index in [1.54, 1.807) is 7.05 Å². The van der Waals surface area contributed by atoms with Crippen LogP contribution in [0.2, 0.25) is 0 Å². The second kappa shape index (κ2) is 5.59. The Hall–Kier alpha value is -0.250. The van der Waals surface area contributed by atoms with Gasteiger partial charge in [-0.1, -0.05) is 26.7 Å². The molecule has 0 bridgehead atoms. The summed E-state index contributed by atoms with van der Waals surface area (Å²) in [4.78, 5) is 0. The normalized spacial score (nSPS) is 26.8. The molecule has 1 aliphatic rings. The summed E-state index contributed by atoms with van der Waals surface area (Å²) in [7, 11) is 1.78. The maximum absolute atomic E-state index is 12.3. The van der Waals surface area contributed by atoms with Gasteiger partial charge in [0.2, 0.25) is 0 Å². The average molecular weight is 251 g/mol. The monoisotopic (exact) mass is 251 g/mol. The van der Waals surface area contributed by atoms with E-state index in [9.17, 15) is 13.2 Å². The van der Waals surface area contributed by atoms with Crippen molar-refractivity contribution in [2.45, 2.75) is 64.6 Å². The van der Waals surface area contributed by atoms with Crippen LogP contribution in [0.15, 0.2) is 0 Å². The number of alkyl halides is 3. The summed E-state index contributed by atoms with van der Waals surface area (Å²) in [6.07, 6.45) is 0.0306. The number of rotatable bonds is 4. The van der Waals surface area contributed by atoms with Gasteiger partial charge in [0.25, 0.3) is 0 Å². The van der Waals surface area contributed by atoms with Crippen molar-refractivity contribution in [3.63, 3.8) is 0 Å². The van der Waals surface area contributed by atoms with Crippen LogP contribution >= 0.6 is 0 Å². The van der Waals surface area contributed by atoms with E-state index in [2.05, 4.69) is 19.2 Å². The molecule has 0 amide bonds. The molecule has 1 aliphatic carbocycles. The second-order valence-electron chi connectivity index (χ2n) is 5.89. The first-order valence-electron chi connectivity index (χ1n) is 6.50. The predicted molar refractivity (Wildman–Crippen MR) is 63.9 cm³/mol. The van der Waals surface area contributed by atoms with E-state index in [1.807, 2.05) is 0 Å². The highest BCUT2D eigenvalue weighted by Gasteiger charge is 2.38. The van der Waals surface area contributed by atoms with Crippen LogP contribution < -0.4 is 5.32 Å². The predicted octanol–water partition coefficient (Wildman–Crippen LogP) is 4.13. The van der Waals surface area contributed by atoms with E-state index in [-0.39, 0.29) is 17.9 Å². The molecule has 17 heavy (non-hydrogen) atoms. The first-order valence-corrected chi connectivity index (χ1v) is 6.50. The van der Waals surface area contributed by atoms with Gasteiger partial charge in [0.1, 0.15) is 0 Å². The lowest BCUT2D eigenvalue weighted by molar-refractivity contribution is -0.138. The zero-order valence-corrected chi connectivity index (χ0v) is 11.0. The Labute approximate surface area is 102 Å². The van der Waals surface area contributed by atoms with Crippen molar-refractivity contribution in [3.05, 3.63) is 0 Å². The molecule has 0 radical (unpaired) electrons. The van der Waals surface area contributed by atoms with Gasteiger partial charge in [0.05, 0.1) is 0 Å². The van der Waals surface area contributed by atoms with E-state index in [0.717, 1.165) is 19.3 Å². The van der Waals surface area contributed by atoms with Gasteiger partial charge in [0.15, 0.2) is 0 Å². The minimum atomic E-state index is -4.03. The highest BCUT2D eigenvalue weighted by atomic mass is 19.4. The van der Waals surface area contributed by atoms with Gasteiger partial charge in [-0.3, -0.25) is 0 Å². The molecular weight excluding hydrogens is 227 g/mol. The second-order valence-corrected chi connectivity index (χ2v) is 5.89. The maximum Gasteiger partial charge on any atom is 0.389 e. The van der Waals surface area contributed by atoms with Crippen LogP contribution in [-0.2, 0) is 0 Å². The molecule has 1 fully saturated rings. The molecule has 0 aromatic carbocycles. The summed E-state index contributed by atoms with van der Waals surface area (Å²) in [5, 5.41) is 3.10. The van der Waals surface area contributed by atoms with Crippen LogP contribution in [0.5, 0.6) is 0 Å². The Kier molecular flexibility index (Phi) is 4.87. The quantitative estimate of drug-likeness (QED) is 0.792. The molecule has 1 rings (SSSR count). The Morgan fingerprint density at radius 3 is 2.41 bits per heavy atom. The van der Waals surface area contributed by atoms with Gasteiger partial charge in [-0.2, -0.15) is 13.2 Å². The summed E-state index contributed by atoms with van der Waals surface area (Å²) in [6, 6.07) is -0.00748. The third kappa shape index (κ3) is 4.49. The zero-order valence-electron chi connectivity index (χ0n) is 11.0. The molecule has 102 valence electrons. The van der Waals surface area contributed by atoms with Gasteiger partial charge < -0.3 is 5.32 Å². The van der Waals surface area contributed by atoms with Crippen molar-refractivity contribution in [1.82, 2.24) is 5.32 Å². The molecule has 4 heteroatoms. The molecule has 1 saturated carbocycles. The van der Waals surface area contributed by atoms with Gasteiger partial charge in [-0.15, -0.1) is 0 Å². The van der Waals surface area contributed by atoms with Crippen LogP contribution in [-0.4, -0.2) is 19.3 Å². The minimum Gasteiger partial charge on any atom is -0.317 e. The van der Waals surface area contributed by atoms with Crippen molar-refractivity contribution in [2.24, 2.45) is 11.3 Å². The fraction of sp³-hybridized carbons (Fsp3) is 1.00. The van der Waals surface area contributed by atoms with Gasteiger partial charge in [-0.25, -0.2) is 0 Å². The van der Waals surface area contributed by atoms with E-state index in [4.69, 9.17) is 0 Å². The molecule has 0 saturated heterocycles. The zero-order chi connectivity index (χ0) is 13.1. The lowest BCUT2D eigenvalue weighted by atomic mass is 9.65. The topological polar surface area (TPSA) is 12.0 Å². The lowest BCUT2D eigenvalue weighted by Crippen LogP contribution is -2.43. The highest BCUT2D eigenvalue weighted by Crippen LogP contribution is 2.43. The molecular formula is C13H24F3N. The number of hydrogen-bond donors (Lipinski definition) is 1. The molecule has 0 aromatic rings. The van der Waals surface area contributed by atoms with Crippen LogP contribution in [0.1, 0.15) is 52.4 Å². The van der Waals surface area contributed by atoms with E-state index >= 15 is 0 Å². The summed E-state index contributed by atoms with van der Waals surface area (Å²) >= 11 is 0. The lowest BCUT2D eigenvalue weighted by Gasteiger charge is -2.43. The summed E-state index contributed by atoms with van der Waals surface area (Å²) in [6.45, 7) is 4.38. The van der Waals surface area contributed by atoms with Crippen LogP contribution in [0, 0.1) is 11.3 Å². The van der Waals surface area contributed by atoms with Crippen LogP contribution in [0.4, 0.5) is 13.2 Å². The number of halogens is 3. The SMILES string of the molecule is CNC(CCC(F)(F)F)C1CCCCC1(C)C. The molecule has 1 nitrogen and oxygen atoms in total. The summed E-state index contributed by atoms with van der Waals surface area (Å²) in [5.74, 6) is 0.364. The largest absolute Gasteiger partial charge is 0.389 e. The van der Waals surface area contributed by atoms with Gasteiger partial charge in [-0.05, 0) is 37.6 Å². The van der Waals surface area contributed by atoms with Crippen molar-refractivity contribution in [1.29, 1.82) is 0 Å². The van der Waals surface area contributed by atoms with Crippen molar-refractivity contribution in [3.8, 4) is 0 Å². The molecule has 2 atom stereocenters. The van der Waals surface area contributed by atoms with Crippen molar-refractivity contribution >= 4 is 0 Å². The van der Waals surface area contributed by atoms with Gasteiger partial charge >= 0.3 is 6.18 Å². The third-order valence-corrected chi connectivity index (χ3v) is 4.19. The Bertz CT molecular complexity index is 235. The first kappa shape index (κ1) is 14.8. The van der Waals surface area contributed by atoms with E-state index in [1.165, 1.54) is 6.42 Å². The highest BCUT2D eigenvalue weighted by molar-refractivity contribution is 4.90. The van der Waals surface area contributed by atoms with Crippen molar-refractivity contribution < 1.29 is 13.2 Å². The molecule has 2 unspecified atom stereocenters. The van der Waals surface area contributed by atoms with E-state index in [0.29, 0.717) is 5.92 Å². The molecule has 0 heterocycles. The Balaban J connectivity index is 2.59. The van der Waals surface area contributed by atoms with Crippen LogP contribution in [0.25, 0.3) is 0 Å². The standard InChI is InChI=1S/C13H24F3N/c1-12(2)8-5-4-6-10(12)11(17-3)7-9-13(14,15)16/h10-11,17H,4-9H2,1-3H3. The fourth-order valence-corrected chi connectivity index (χ4v) is 3.13. The summed E-state index contributed by atoms with van der Waals surface area (Å²) in [5.41, 5.74) is 0.164. The number of nitrogens with one attached hydrogen (secondary N) is 1. The van der Waals surface area contributed by atoms with Crippen molar-refractivity contribution in [2.75, 3.05) is 7.05 Å². The smallest absolute Gasteiger partial charge is 0.317 e. The minimum absolute atomic E-state index is 0.00748. The van der Waals surface area contributed by atoms with E-state index < -0.39 is 12.6 Å². The Morgan fingerprint density at radius 2 is 1.94 bits per heavy atom. The van der Waals surface area contributed by atoms with Gasteiger partial charge in [0, 0.05) is 12.5 Å². The van der Waals surface area contributed by atoms with Crippen LogP contribution in [0.3, 0.4) is 0 Å². The maximum atomic E-state index is 12.3. The molecule has 0 spiro atoms. The third-order valence-electron chi connectivity index (χ3n) is 4.19. The molecule has 1 N–H and O–H groups in total. The molecule has 0 aliphatic heterocycles. The average Bonchev–Trinajstić information content (AvgIpc) is 2.19. The summed E-state index contributed by atoms with van der Waals surface area (Å²) < 4.78 is 36.9. The Morgan fingerprint density at radius 1 is 1.29 bits per heavy atom. The molecule has 0 aromatic heterocycles. The fourth-order valence-electron chi connectivity index (χ4n) is 3.13. The number of hydrogen-bond acceptors (Lipinski definition) is 1. The first-order chi connectivity index (χ1) is 7.76.